The van der Waals surface area contributed by atoms with Crippen molar-refractivity contribution < 1.29 is 17.6 Å². The van der Waals surface area contributed by atoms with Crippen molar-refractivity contribution in [2.24, 2.45) is 0 Å². The van der Waals surface area contributed by atoms with E-state index < -0.39 is 23.5 Å². The van der Waals surface area contributed by atoms with Gasteiger partial charge in [0, 0.05) is 34.1 Å². The maximum atomic E-state index is 13.5. The Hall–Kier alpha value is -4.12. The molecule has 0 N–H and O–H groups in total. The Morgan fingerprint density at radius 1 is 0.886 bits per heavy atom. The predicted octanol–water partition coefficient (Wildman–Crippen LogP) is 4.87. The summed E-state index contributed by atoms with van der Waals surface area (Å²) in [6.07, 6.45) is -0.745. The Morgan fingerprint density at radius 3 is 2.26 bits per heavy atom. The molecule has 5 rings (SSSR count). The summed E-state index contributed by atoms with van der Waals surface area (Å²) < 4.78 is 54.0. The molecule has 0 fully saturated rings. The molecule has 0 spiro atoms. The van der Waals surface area contributed by atoms with E-state index in [2.05, 4.69) is 20.2 Å². The molecule has 4 aromatic heterocycles. The largest absolute Gasteiger partial charge is 0.433 e. The van der Waals surface area contributed by atoms with Gasteiger partial charge in [0.1, 0.15) is 5.69 Å². The van der Waals surface area contributed by atoms with Gasteiger partial charge < -0.3 is 0 Å². The van der Waals surface area contributed by atoms with Crippen LogP contribution >= 0.6 is 11.6 Å². The molecule has 4 heterocycles. The number of alkyl halides is 3. The van der Waals surface area contributed by atoms with Crippen molar-refractivity contribution in [3.05, 3.63) is 99.8 Å². The van der Waals surface area contributed by atoms with Crippen LogP contribution in [-0.4, -0.2) is 29.4 Å². The first-order valence-corrected chi connectivity index (χ1v) is 10.5. The summed E-state index contributed by atoms with van der Waals surface area (Å²) >= 11 is 6.01. The van der Waals surface area contributed by atoms with Crippen molar-refractivity contribution >= 4 is 17.2 Å². The summed E-state index contributed by atoms with van der Waals surface area (Å²) in [5.41, 5.74) is 1.12. The fraction of sp³-hybridized carbons (Fsp3) is 0.0870. The van der Waals surface area contributed by atoms with Crippen LogP contribution in [0.15, 0.2) is 71.9 Å². The average Bonchev–Trinajstić information content (AvgIpc) is 3.14. The molecular formula is C23H13ClF4N6O. The lowest BCUT2D eigenvalue weighted by atomic mass is 9.98. The summed E-state index contributed by atoms with van der Waals surface area (Å²) in [4.78, 5) is 20.1. The summed E-state index contributed by atoms with van der Waals surface area (Å²) in [6.45, 7) is -0.134. The number of pyridine rings is 2. The number of benzene rings is 1. The third-order valence-corrected chi connectivity index (χ3v) is 5.48. The Morgan fingerprint density at radius 2 is 1.63 bits per heavy atom. The van der Waals surface area contributed by atoms with Gasteiger partial charge in [0.15, 0.2) is 5.65 Å². The van der Waals surface area contributed by atoms with Gasteiger partial charge in [-0.05, 0) is 41.5 Å². The van der Waals surface area contributed by atoms with Crippen molar-refractivity contribution in [3.63, 3.8) is 0 Å². The molecule has 7 nitrogen and oxygen atoms in total. The second-order valence-corrected chi connectivity index (χ2v) is 7.97. The van der Waals surface area contributed by atoms with Crippen LogP contribution in [0.3, 0.4) is 0 Å². The number of aromatic nitrogens is 6. The standard InChI is InChI=1S/C23H13ClF4N6O/c24-16-5-2-14(3-6-16)17-11-31-34-21(20(17)15-4-8-19(25)30-10-15)32-33(22(34)35)12-13-1-7-18(29-9-13)23(26,27)28/h1-11H,12H2. The molecule has 0 saturated heterocycles. The van der Waals surface area contributed by atoms with Crippen LogP contribution in [0.25, 0.3) is 27.9 Å². The Balaban J connectivity index is 1.66. The highest BCUT2D eigenvalue weighted by Gasteiger charge is 2.32. The van der Waals surface area contributed by atoms with Gasteiger partial charge in [0.05, 0.1) is 12.7 Å². The minimum atomic E-state index is -4.57. The van der Waals surface area contributed by atoms with Crippen LogP contribution < -0.4 is 5.69 Å². The molecule has 0 radical (unpaired) electrons. The van der Waals surface area contributed by atoms with Crippen molar-refractivity contribution in [1.29, 1.82) is 0 Å². The minimum absolute atomic E-state index is 0.134. The number of hydrogen-bond donors (Lipinski definition) is 0. The molecule has 12 heteroatoms. The molecule has 5 aromatic rings. The van der Waals surface area contributed by atoms with Gasteiger partial charge in [-0.15, -0.1) is 5.10 Å². The highest BCUT2D eigenvalue weighted by molar-refractivity contribution is 6.30. The van der Waals surface area contributed by atoms with Crippen LogP contribution in [0.4, 0.5) is 17.6 Å². The lowest BCUT2D eigenvalue weighted by Crippen LogP contribution is -2.23. The zero-order chi connectivity index (χ0) is 24.7. The Bertz CT molecular complexity index is 1580. The quantitative estimate of drug-likeness (QED) is 0.260. The van der Waals surface area contributed by atoms with Gasteiger partial charge in [0.2, 0.25) is 5.95 Å². The highest BCUT2D eigenvalue weighted by atomic mass is 35.5. The predicted molar refractivity (Wildman–Crippen MR) is 119 cm³/mol. The molecule has 0 aliphatic rings. The first-order valence-electron chi connectivity index (χ1n) is 10.1. The maximum Gasteiger partial charge on any atom is 0.433 e. The van der Waals surface area contributed by atoms with E-state index in [4.69, 9.17) is 11.6 Å². The molecule has 0 unspecified atom stereocenters. The molecule has 176 valence electrons. The van der Waals surface area contributed by atoms with Crippen molar-refractivity contribution in [1.82, 2.24) is 29.4 Å². The number of hydrogen-bond acceptors (Lipinski definition) is 5. The van der Waals surface area contributed by atoms with E-state index in [1.807, 2.05) is 0 Å². The molecule has 0 aliphatic carbocycles. The second kappa shape index (κ2) is 8.58. The van der Waals surface area contributed by atoms with E-state index in [1.165, 1.54) is 30.6 Å². The molecule has 35 heavy (non-hydrogen) atoms. The zero-order valence-electron chi connectivity index (χ0n) is 17.5. The van der Waals surface area contributed by atoms with Gasteiger partial charge in [-0.2, -0.15) is 27.2 Å². The van der Waals surface area contributed by atoms with Gasteiger partial charge in [0.25, 0.3) is 0 Å². The van der Waals surface area contributed by atoms with Crippen LogP contribution in [0, 0.1) is 5.95 Å². The molecule has 0 bridgehead atoms. The Kier molecular flexibility index (Phi) is 5.56. The number of nitrogens with zero attached hydrogens (tertiary/aromatic N) is 6. The molecule has 0 amide bonds. The lowest BCUT2D eigenvalue weighted by Gasteiger charge is -2.10. The van der Waals surface area contributed by atoms with Crippen molar-refractivity contribution in [2.75, 3.05) is 0 Å². The monoisotopic (exact) mass is 500 g/mol. The molecule has 0 saturated carbocycles. The summed E-state index contributed by atoms with van der Waals surface area (Å²) in [6, 6.07) is 11.7. The third kappa shape index (κ3) is 4.37. The van der Waals surface area contributed by atoms with Gasteiger partial charge >= 0.3 is 11.9 Å². The molecule has 0 aliphatic heterocycles. The molecular weight excluding hydrogens is 488 g/mol. The summed E-state index contributed by atoms with van der Waals surface area (Å²) in [7, 11) is 0. The van der Waals surface area contributed by atoms with Gasteiger partial charge in [-0.3, -0.25) is 4.98 Å². The topological polar surface area (TPSA) is 78.0 Å². The first-order chi connectivity index (χ1) is 16.7. The number of rotatable bonds is 4. The van der Waals surface area contributed by atoms with Gasteiger partial charge in [-0.25, -0.2) is 14.5 Å². The van der Waals surface area contributed by atoms with E-state index >= 15 is 0 Å². The smallest absolute Gasteiger partial charge is 0.251 e. The highest BCUT2D eigenvalue weighted by Crippen LogP contribution is 2.34. The van der Waals surface area contributed by atoms with Crippen LogP contribution in [0.5, 0.6) is 0 Å². The van der Waals surface area contributed by atoms with Crippen molar-refractivity contribution in [2.45, 2.75) is 12.7 Å². The third-order valence-electron chi connectivity index (χ3n) is 5.23. The lowest BCUT2D eigenvalue weighted by molar-refractivity contribution is -0.141. The van der Waals surface area contributed by atoms with Crippen LogP contribution in [0.1, 0.15) is 11.3 Å². The SMILES string of the molecule is O=c1n(Cc2ccc(C(F)(F)F)nc2)nc2c(-c3ccc(F)nc3)c(-c3ccc(Cl)cc3)cnn12. The number of halogens is 5. The van der Waals surface area contributed by atoms with E-state index in [0.29, 0.717) is 27.3 Å². The normalized spacial score (nSPS) is 11.8. The van der Waals surface area contributed by atoms with Crippen LogP contribution in [-0.2, 0) is 12.7 Å². The van der Waals surface area contributed by atoms with Crippen LogP contribution in [0.2, 0.25) is 5.02 Å². The fourth-order valence-corrected chi connectivity index (χ4v) is 3.70. The summed E-state index contributed by atoms with van der Waals surface area (Å²) in [5.74, 6) is -0.676. The second-order valence-electron chi connectivity index (χ2n) is 7.53. The first kappa shape index (κ1) is 22.7. The molecule has 0 atom stereocenters. The Labute approximate surface area is 199 Å². The van der Waals surface area contributed by atoms with E-state index in [0.717, 1.165) is 27.0 Å². The number of fused-ring (bicyclic) bond motifs is 1. The van der Waals surface area contributed by atoms with Gasteiger partial charge in [-0.1, -0.05) is 29.8 Å². The summed E-state index contributed by atoms with van der Waals surface area (Å²) in [5, 5.41) is 9.14. The minimum Gasteiger partial charge on any atom is -0.251 e. The zero-order valence-corrected chi connectivity index (χ0v) is 18.3. The maximum absolute atomic E-state index is 13.5. The van der Waals surface area contributed by atoms with E-state index in [1.54, 1.807) is 24.3 Å². The fourth-order valence-electron chi connectivity index (χ4n) is 3.58. The van der Waals surface area contributed by atoms with Crippen molar-refractivity contribution in [3.8, 4) is 22.3 Å². The average molecular weight is 501 g/mol. The van der Waals surface area contributed by atoms with E-state index in [9.17, 15) is 22.4 Å². The molecule has 1 aromatic carbocycles. The van der Waals surface area contributed by atoms with E-state index in [-0.39, 0.29) is 12.2 Å².